The zero-order valence-electron chi connectivity index (χ0n) is 14.6. The third-order valence-corrected chi connectivity index (χ3v) is 6.76. The Morgan fingerprint density at radius 3 is 2.28 bits per heavy atom. The van der Waals surface area contributed by atoms with Gasteiger partial charge < -0.3 is 5.32 Å². The van der Waals surface area contributed by atoms with E-state index in [1.807, 2.05) is 0 Å². The van der Waals surface area contributed by atoms with Crippen LogP contribution in [0.4, 0.5) is 0 Å². The highest BCUT2D eigenvalue weighted by atomic mass is 35.5. The van der Waals surface area contributed by atoms with Gasteiger partial charge >= 0.3 is 0 Å². The van der Waals surface area contributed by atoms with Crippen LogP contribution >= 0.6 is 46.4 Å². The largest absolute Gasteiger partial charge is 0.315 e. The smallest absolute Gasteiger partial charge is 0.0391 e. The molecule has 0 aromatic heterocycles. The summed E-state index contributed by atoms with van der Waals surface area (Å²) in [5.74, 6) is 0.942. The summed E-state index contributed by atoms with van der Waals surface area (Å²) < 4.78 is 0. The second-order valence-electron chi connectivity index (χ2n) is 7.77. The molecule has 3 aliphatic rings. The van der Waals surface area contributed by atoms with E-state index in [2.05, 4.69) is 22.4 Å². The number of allylic oxidation sites excluding steroid dienone is 2. The lowest BCUT2D eigenvalue weighted by Gasteiger charge is -2.31. The molecule has 0 bridgehead atoms. The van der Waals surface area contributed by atoms with Crippen molar-refractivity contribution < 1.29 is 0 Å². The maximum Gasteiger partial charge on any atom is 0.0391 e. The van der Waals surface area contributed by atoms with E-state index >= 15 is 0 Å². The molecule has 0 spiro atoms. The number of nitrogens with zero attached hydrogens (tertiary/aromatic N) is 1. The zero-order chi connectivity index (χ0) is 17.8. The van der Waals surface area contributed by atoms with Gasteiger partial charge in [0.05, 0.1) is 0 Å². The van der Waals surface area contributed by atoms with Crippen LogP contribution in [-0.2, 0) is 0 Å². The molecule has 1 fully saturated rings. The Kier molecular flexibility index (Phi) is 7.85. The normalized spacial score (nSPS) is 37.0. The minimum absolute atomic E-state index is 0.179. The van der Waals surface area contributed by atoms with Crippen LogP contribution < -0.4 is 5.32 Å². The zero-order valence-corrected chi connectivity index (χ0v) is 17.6. The molecule has 25 heavy (non-hydrogen) atoms. The summed E-state index contributed by atoms with van der Waals surface area (Å²) in [6.45, 7) is 4.25. The Balaban J connectivity index is 1.44. The number of rotatable bonds is 6. The van der Waals surface area contributed by atoms with Crippen molar-refractivity contribution >= 4 is 46.4 Å². The van der Waals surface area contributed by atoms with Gasteiger partial charge in [0, 0.05) is 46.5 Å². The minimum atomic E-state index is 0.179. The van der Waals surface area contributed by atoms with Crippen LogP contribution in [0.25, 0.3) is 0 Å². The Labute approximate surface area is 171 Å². The summed E-state index contributed by atoms with van der Waals surface area (Å²) in [7, 11) is 0. The van der Waals surface area contributed by atoms with E-state index in [1.165, 1.54) is 19.4 Å². The van der Waals surface area contributed by atoms with E-state index < -0.39 is 0 Å². The first kappa shape index (κ1) is 20.3. The van der Waals surface area contributed by atoms with Gasteiger partial charge in [-0.25, -0.2) is 0 Å². The summed E-state index contributed by atoms with van der Waals surface area (Å²) in [6.07, 6.45) is 10.6. The topological polar surface area (TPSA) is 15.3 Å². The molecule has 5 unspecified atom stereocenters. The third kappa shape index (κ3) is 6.30. The molecule has 2 aliphatic carbocycles. The second kappa shape index (κ2) is 9.66. The average molecular weight is 426 g/mol. The summed E-state index contributed by atoms with van der Waals surface area (Å²) >= 11 is 25.0. The van der Waals surface area contributed by atoms with Gasteiger partial charge in [-0.3, -0.25) is 4.90 Å². The highest BCUT2D eigenvalue weighted by molar-refractivity contribution is 6.31. The van der Waals surface area contributed by atoms with Gasteiger partial charge in [0.2, 0.25) is 0 Å². The Hall–Kier alpha value is 0.560. The molecular formula is C19H28Cl4N2. The first-order chi connectivity index (χ1) is 12.0. The fourth-order valence-electron chi connectivity index (χ4n) is 4.40. The van der Waals surface area contributed by atoms with Crippen LogP contribution in [-0.4, -0.2) is 47.9 Å². The highest BCUT2D eigenvalue weighted by Gasteiger charge is 2.29. The molecule has 3 rings (SSSR count). The van der Waals surface area contributed by atoms with Gasteiger partial charge in [-0.05, 0) is 56.9 Å². The number of halogens is 4. The fraction of sp³-hybridized carbons (Fsp3) is 0.789. The molecule has 0 aromatic carbocycles. The Morgan fingerprint density at radius 1 is 0.960 bits per heavy atom. The van der Waals surface area contributed by atoms with Crippen LogP contribution in [0.5, 0.6) is 0 Å². The molecule has 0 amide bonds. The van der Waals surface area contributed by atoms with Crippen molar-refractivity contribution in [2.24, 2.45) is 11.8 Å². The number of hydrogen-bond donors (Lipinski definition) is 1. The van der Waals surface area contributed by atoms with Crippen LogP contribution in [0.3, 0.4) is 0 Å². The van der Waals surface area contributed by atoms with Crippen molar-refractivity contribution in [2.45, 2.75) is 55.3 Å². The summed E-state index contributed by atoms with van der Waals surface area (Å²) in [5, 5.41) is 5.87. The van der Waals surface area contributed by atoms with Crippen LogP contribution in [0.1, 0.15) is 38.5 Å². The monoisotopic (exact) mass is 424 g/mol. The molecule has 0 saturated carbocycles. The predicted molar refractivity (Wildman–Crippen MR) is 110 cm³/mol. The lowest BCUT2D eigenvalue weighted by Crippen LogP contribution is -2.42. The van der Waals surface area contributed by atoms with Gasteiger partial charge in [0.1, 0.15) is 0 Å². The molecule has 142 valence electrons. The van der Waals surface area contributed by atoms with Crippen LogP contribution in [0.2, 0.25) is 0 Å². The first-order valence-electron chi connectivity index (χ1n) is 9.45. The number of nitrogens with one attached hydrogen (secondary N) is 1. The molecule has 1 heterocycles. The molecule has 0 radical (unpaired) electrons. The van der Waals surface area contributed by atoms with E-state index in [4.69, 9.17) is 46.4 Å². The Bertz CT molecular complexity index is 508. The summed E-state index contributed by atoms with van der Waals surface area (Å²) in [5.41, 5.74) is 0. The number of hydrogen-bond acceptors (Lipinski definition) is 2. The molecule has 1 aliphatic heterocycles. The molecule has 2 nitrogen and oxygen atoms in total. The van der Waals surface area contributed by atoms with E-state index in [-0.39, 0.29) is 10.8 Å². The SMILES string of the molecule is ClC1=CC(CNCC2CCCN2CC2C=C(Cl)CC(Cl)C2)CC(Cl)C1. The van der Waals surface area contributed by atoms with Crippen molar-refractivity contribution in [1.29, 1.82) is 0 Å². The lowest BCUT2D eigenvalue weighted by molar-refractivity contribution is 0.217. The van der Waals surface area contributed by atoms with Crippen molar-refractivity contribution in [2.75, 3.05) is 26.2 Å². The maximum absolute atomic E-state index is 6.34. The van der Waals surface area contributed by atoms with Crippen molar-refractivity contribution in [3.63, 3.8) is 0 Å². The molecule has 6 heteroatoms. The molecular weight excluding hydrogens is 398 g/mol. The van der Waals surface area contributed by atoms with Gasteiger partial charge in [-0.2, -0.15) is 0 Å². The molecule has 1 N–H and O–H groups in total. The van der Waals surface area contributed by atoms with E-state index in [9.17, 15) is 0 Å². The lowest BCUT2D eigenvalue weighted by atomic mass is 9.94. The first-order valence-corrected chi connectivity index (χ1v) is 11.1. The third-order valence-electron chi connectivity index (χ3n) is 5.54. The number of likely N-dealkylation sites (tertiary alicyclic amines) is 1. The van der Waals surface area contributed by atoms with E-state index in [0.717, 1.165) is 55.4 Å². The minimum Gasteiger partial charge on any atom is -0.315 e. The molecule has 1 saturated heterocycles. The van der Waals surface area contributed by atoms with Gasteiger partial charge in [0.25, 0.3) is 0 Å². The van der Waals surface area contributed by atoms with Crippen molar-refractivity contribution in [1.82, 2.24) is 10.2 Å². The van der Waals surface area contributed by atoms with E-state index in [0.29, 0.717) is 17.9 Å². The number of alkyl halides is 2. The molecule has 5 atom stereocenters. The quantitative estimate of drug-likeness (QED) is 0.579. The van der Waals surface area contributed by atoms with Gasteiger partial charge in [-0.15, -0.1) is 23.2 Å². The van der Waals surface area contributed by atoms with Crippen LogP contribution in [0, 0.1) is 11.8 Å². The summed E-state index contributed by atoms with van der Waals surface area (Å²) in [4.78, 5) is 2.61. The van der Waals surface area contributed by atoms with E-state index in [1.54, 1.807) is 0 Å². The maximum atomic E-state index is 6.34. The van der Waals surface area contributed by atoms with Crippen molar-refractivity contribution in [3.05, 3.63) is 22.2 Å². The standard InChI is InChI=1S/C19H28Cl4N2/c20-15-4-13(5-16(21)8-15)10-24-11-19-2-1-3-25(19)12-14-6-17(22)9-18(23)7-14/h4,6,13-14,16,18-19,24H,1-3,5,7-12H2. The average Bonchev–Trinajstić information content (AvgIpc) is 2.92. The predicted octanol–water partition coefficient (Wildman–Crippen LogP) is 5.32. The van der Waals surface area contributed by atoms with Gasteiger partial charge in [0.15, 0.2) is 0 Å². The fourth-order valence-corrected chi connectivity index (χ4v) is 6.08. The van der Waals surface area contributed by atoms with Crippen molar-refractivity contribution in [3.8, 4) is 0 Å². The van der Waals surface area contributed by atoms with Gasteiger partial charge in [-0.1, -0.05) is 35.4 Å². The molecule has 0 aromatic rings. The highest BCUT2D eigenvalue weighted by Crippen LogP contribution is 2.31. The summed E-state index contributed by atoms with van der Waals surface area (Å²) in [6, 6.07) is 0.609. The Morgan fingerprint density at radius 2 is 1.60 bits per heavy atom. The second-order valence-corrected chi connectivity index (χ2v) is 9.98. The van der Waals surface area contributed by atoms with Crippen LogP contribution in [0.15, 0.2) is 22.2 Å².